The van der Waals surface area contributed by atoms with E-state index < -0.39 is 11.7 Å². The molecule has 0 aliphatic heterocycles. The molecule has 0 amide bonds. The van der Waals surface area contributed by atoms with E-state index in [4.69, 9.17) is 0 Å². The molecule has 0 radical (unpaired) electrons. The van der Waals surface area contributed by atoms with E-state index in [-0.39, 0.29) is 9.90 Å². The zero-order chi connectivity index (χ0) is 7.61. The average Bonchev–Trinajstić information content (AvgIpc) is 1.88. The Morgan fingerprint density at radius 3 is 1.64 bits per heavy atom. The van der Waals surface area contributed by atoms with Crippen molar-refractivity contribution < 1.29 is 13.2 Å². The predicted molar refractivity (Wildman–Crippen MR) is 42.5 cm³/mol. The molecular weight excluding hydrogens is 172 g/mol. The molecule has 4 heteroatoms. The molecule has 0 nitrogen and oxygen atoms in total. The minimum absolute atomic E-state index is 0. The quantitative estimate of drug-likeness (QED) is 0.538. The molecule has 0 heterocycles. The van der Waals surface area contributed by atoms with Crippen molar-refractivity contribution >= 4 is 9.90 Å². The Hall–Kier alpha value is -0.560. The summed E-state index contributed by atoms with van der Waals surface area (Å²) in [5, 5.41) is 0. The predicted octanol–water partition coefficient (Wildman–Crippen LogP) is 2.76. The highest BCUT2D eigenvalue weighted by Crippen LogP contribution is 2.28. The fourth-order valence-corrected chi connectivity index (χ4v) is 0.627. The molecule has 1 atom stereocenters. The smallest absolute Gasteiger partial charge is 0.166 e. The summed E-state index contributed by atoms with van der Waals surface area (Å²) in [5.41, 5.74) is -0.602. The van der Waals surface area contributed by atoms with Crippen LogP contribution in [-0.4, -0.2) is 0 Å². The highest BCUT2D eigenvalue weighted by atomic mass is 31.0. The van der Waals surface area contributed by atoms with Crippen LogP contribution in [0, 0.1) is 0 Å². The van der Waals surface area contributed by atoms with Gasteiger partial charge in [0.15, 0.2) is 0 Å². The van der Waals surface area contributed by atoms with Gasteiger partial charge in [-0.3, -0.25) is 0 Å². The Morgan fingerprint density at radius 1 is 0.909 bits per heavy atom. The van der Waals surface area contributed by atoms with E-state index in [0.717, 1.165) is 12.1 Å². The minimum atomic E-state index is -4.21. The maximum Gasteiger partial charge on any atom is 0.416 e. The van der Waals surface area contributed by atoms with Crippen LogP contribution in [0.25, 0.3) is 0 Å². The molecule has 0 aromatic heterocycles. The van der Waals surface area contributed by atoms with Gasteiger partial charge in [-0.05, 0) is 0 Å². The van der Waals surface area contributed by atoms with E-state index in [0.29, 0.717) is 0 Å². The first-order valence-electron chi connectivity index (χ1n) is 2.73. The molecule has 0 spiro atoms. The molecule has 0 aliphatic carbocycles. The molecule has 1 aromatic rings. The molecule has 0 aliphatic rings. The number of halogens is 3. The van der Waals surface area contributed by atoms with Crippen LogP contribution in [0.5, 0.6) is 0 Å². The van der Waals surface area contributed by atoms with Gasteiger partial charge >= 0.3 is 6.18 Å². The normalized spacial score (nSPS) is 10.5. The van der Waals surface area contributed by atoms with Crippen LogP contribution in [0.1, 0.15) is 5.56 Å². The lowest BCUT2D eigenvalue weighted by Gasteiger charge is -2.03. The standard InChI is InChI=1S/C7H5F3.H3P/c8-7(9,10)6-4-2-1-3-5-6;/h1-5H;1H3. The van der Waals surface area contributed by atoms with Gasteiger partial charge in [0, 0.05) is 0 Å². The Balaban J connectivity index is 0.000001000. The monoisotopic (exact) mass is 180 g/mol. The van der Waals surface area contributed by atoms with Crippen LogP contribution in [0.2, 0.25) is 0 Å². The van der Waals surface area contributed by atoms with Crippen molar-refractivity contribution in [1.82, 2.24) is 0 Å². The number of alkyl halides is 3. The first-order valence-corrected chi connectivity index (χ1v) is 2.73. The third-order valence-electron chi connectivity index (χ3n) is 1.10. The van der Waals surface area contributed by atoms with Crippen LogP contribution < -0.4 is 0 Å². The minimum Gasteiger partial charge on any atom is -0.166 e. The third-order valence-corrected chi connectivity index (χ3v) is 1.10. The second kappa shape index (κ2) is 3.72. The molecule has 62 valence electrons. The van der Waals surface area contributed by atoms with E-state index in [1.807, 2.05) is 0 Å². The molecule has 1 rings (SSSR count). The Bertz CT molecular complexity index is 205. The van der Waals surface area contributed by atoms with Crippen molar-refractivity contribution in [1.29, 1.82) is 0 Å². The summed E-state index contributed by atoms with van der Waals surface area (Å²) in [6.07, 6.45) is -4.21. The molecule has 1 aromatic carbocycles. The van der Waals surface area contributed by atoms with Crippen molar-refractivity contribution in [3.63, 3.8) is 0 Å². The third kappa shape index (κ3) is 2.89. The van der Waals surface area contributed by atoms with Crippen molar-refractivity contribution in [2.75, 3.05) is 0 Å². The van der Waals surface area contributed by atoms with Gasteiger partial charge < -0.3 is 0 Å². The van der Waals surface area contributed by atoms with Gasteiger partial charge in [0.25, 0.3) is 0 Å². The van der Waals surface area contributed by atoms with E-state index in [9.17, 15) is 13.2 Å². The lowest BCUT2D eigenvalue weighted by Crippen LogP contribution is -2.03. The zero-order valence-corrected chi connectivity index (χ0v) is 7.14. The number of benzene rings is 1. The van der Waals surface area contributed by atoms with Crippen LogP contribution in [-0.2, 0) is 6.18 Å². The van der Waals surface area contributed by atoms with Gasteiger partial charge in [-0.2, -0.15) is 23.1 Å². The lowest BCUT2D eigenvalue weighted by molar-refractivity contribution is -0.137. The van der Waals surface area contributed by atoms with Crippen LogP contribution in [0.15, 0.2) is 30.3 Å². The SMILES string of the molecule is FC(F)(F)c1ccccc1.P. The molecule has 0 N–H and O–H groups in total. The van der Waals surface area contributed by atoms with E-state index in [2.05, 4.69) is 0 Å². The Labute approximate surface area is 66.0 Å². The van der Waals surface area contributed by atoms with Crippen molar-refractivity contribution in [2.24, 2.45) is 0 Å². The molecular formula is C7H8F3P. The summed E-state index contributed by atoms with van der Waals surface area (Å²) in [4.78, 5) is 0. The van der Waals surface area contributed by atoms with Crippen molar-refractivity contribution in [3.05, 3.63) is 35.9 Å². The molecule has 0 saturated carbocycles. The summed E-state index contributed by atoms with van der Waals surface area (Å²) in [7, 11) is 0. The zero-order valence-electron chi connectivity index (χ0n) is 5.73. The van der Waals surface area contributed by atoms with E-state index in [1.54, 1.807) is 6.07 Å². The topological polar surface area (TPSA) is 0 Å². The summed E-state index contributed by atoms with van der Waals surface area (Å²) in [6, 6.07) is 6.36. The van der Waals surface area contributed by atoms with Crippen molar-refractivity contribution in [2.45, 2.75) is 6.18 Å². The summed E-state index contributed by atoms with van der Waals surface area (Å²) < 4.78 is 35.4. The second-order valence-corrected chi connectivity index (χ2v) is 1.86. The van der Waals surface area contributed by atoms with Crippen LogP contribution in [0.4, 0.5) is 13.2 Å². The summed E-state index contributed by atoms with van der Waals surface area (Å²) in [5.74, 6) is 0. The fourth-order valence-electron chi connectivity index (χ4n) is 0.627. The number of rotatable bonds is 0. The van der Waals surface area contributed by atoms with Crippen LogP contribution >= 0.6 is 9.90 Å². The molecule has 0 saturated heterocycles. The van der Waals surface area contributed by atoms with Gasteiger partial charge in [-0.1, -0.05) is 30.3 Å². The molecule has 1 unspecified atom stereocenters. The lowest BCUT2D eigenvalue weighted by atomic mass is 10.2. The first-order chi connectivity index (χ1) is 4.61. The number of hydrogen-bond acceptors (Lipinski definition) is 0. The first kappa shape index (κ1) is 10.4. The average molecular weight is 180 g/mol. The summed E-state index contributed by atoms with van der Waals surface area (Å²) >= 11 is 0. The largest absolute Gasteiger partial charge is 0.416 e. The van der Waals surface area contributed by atoms with E-state index in [1.165, 1.54) is 12.1 Å². The highest BCUT2D eigenvalue weighted by Gasteiger charge is 2.29. The number of hydrogen-bond donors (Lipinski definition) is 0. The second-order valence-electron chi connectivity index (χ2n) is 1.86. The van der Waals surface area contributed by atoms with Gasteiger partial charge in [-0.25, -0.2) is 0 Å². The molecule has 11 heavy (non-hydrogen) atoms. The summed E-state index contributed by atoms with van der Waals surface area (Å²) in [6.45, 7) is 0. The highest BCUT2D eigenvalue weighted by molar-refractivity contribution is 6.92. The van der Waals surface area contributed by atoms with Crippen molar-refractivity contribution in [3.8, 4) is 0 Å². The van der Waals surface area contributed by atoms with Gasteiger partial charge in [0.2, 0.25) is 0 Å². The van der Waals surface area contributed by atoms with Gasteiger partial charge in [0.05, 0.1) is 5.56 Å². The Morgan fingerprint density at radius 2 is 1.36 bits per heavy atom. The van der Waals surface area contributed by atoms with Gasteiger partial charge in [-0.15, -0.1) is 0 Å². The molecule has 0 bridgehead atoms. The van der Waals surface area contributed by atoms with Gasteiger partial charge in [0.1, 0.15) is 0 Å². The van der Waals surface area contributed by atoms with E-state index >= 15 is 0 Å². The Kier molecular flexibility index (Phi) is 3.53. The maximum absolute atomic E-state index is 11.8. The maximum atomic E-state index is 11.8. The molecule has 0 fully saturated rings. The fraction of sp³-hybridized carbons (Fsp3) is 0.143. The van der Waals surface area contributed by atoms with Crippen LogP contribution in [0.3, 0.4) is 0 Å².